The number of thiophene rings is 1. The van der Waals surface area contributed by atoms with Crippen LogP contribution in [-0.4, -0.2) is 45.5 Å². The molecule has 184 valence electrons. The second-order valence-electron chi connectivity index (χ2n) is 9.00. The van der Waals surface area contributed by atoms with Gasteiger partial charge in [-0.2, -0.15) is 11.3 Å². The summed E-state index contributed by atoms with van der Waals surface area (Å²) < 4.78 is 0. The van der Waals surface area contributed by atoms with Gasteiger partial charge in [-0.3, -0.25) is 19.6 Å². The zero-order valence-corrected chi connectivity index (χ0v) is 21.1. The standard InChI is InChI=1S/C26H35N3O4S/c1-19(2)13-14-24(30)29(28(17-20(3)4)26(32)22-15-16-34-18-22)23(25(31)27-33)12-8-11-21-9-6-5-7-10-21/h5-11,15-16,18-20,23,33H,12-14,17H2,1-4H3,(H,27,31)/t23-/m0/s1. The van der Waals surface area contributed by atoms with Gasteiger partial charge in [0.2, 0.25) is 5.91 Å². The number of hydrogen-bond donors (Lipinski definition) is 2. The highest BCUT2D eigenvalue weighted by Gasteiger charge is 2.36. The van der Waals surface area contributed by atoms with Gasteiger partial charge >= 0.3 is 0 Å². The number of amides is 3. The van der Waals surface area contributed by atoms with Crippen molar-refractivity contribution in [2.24, 2.45) is 11.8 Å². The van der Waals surface area contributed by atoms with Crippen LogP contribution >= 0.6 is 11.3 Å². The maximum atomic E-state index is 13.5. The molecule has 1 aromatic carbocycles. The van der Waals surface area contributed by atoms with Crippen LogP contribution in [-0.2, 0) is 9.59 Å². The van der Waals surface area contributed by atoms with Gasteiger partial charge in [0.25, 0.3) is 11.8 Å². The topological polar surface area (TPSA) is 89.9 Å². The summed E-state index contributed by atoms with van der Waals surface area (Å²) in [5.74, 6) is -1.11. The lowest BCUT2D eigenvalue weighted by atomic mass is 10.1. The molecule has 2 aromatic rings. The van der Waals surface area contributed by atoms with Crippen molar-refractivity contribution < 1.29 is 19.6 Å². The van der Waals surface area contributed by atoms with Gasteiger partial charge in [-0.1, -0.05) is 70.2 Å². The van der Waals surface area contributed by atoms with E-state index in [1.54, 1.807) is 28.4 Å². The van der Waals surface area contributed by atoms with Gasteiger partial charge in [-0.05, 0) is 41.7 Å². The Morgan fingerprint density at radius 1 is 1.06 bits per heavy atom. The zero-order chi connectivity index (χ0) is 25.1. The number of carbonyl (C=O) groups excluding carboxylic acids is 3. The van der Waals surface area contributed by atoms with Crippen LogP contribution in [0.15, 0.2) is 53.2 Å². The summed E-state index contributed by atoms with van der Waals surface area (Å²) in [4.78, 5) is 39.8. The molecule has 0 fully saturated rings. The van der Waals surface area contributed by atoms with E-state index in [2.05, 4.69) is 0 Å². The first-order chi connectivity index (χ1) is 16.2. The van der Waals surface area contributed by atoms with E-state index in [1.165, 1.54) is 21.4 Å². The van der Waals surface area contributed by atoms with Crippen molar-refractivity contribution in [1.29, 1.82) is 0 Å². The third kappa shape index (κ3) is 8.11. The number of nitrogens with one attached hydrogen (secondary N) is 1. The molecule has 0 bridgehead atoms. The highest BCUT2D eigenvalue weighted by atomic mass is 32.1. The molecule has 1 aromatic heterocycles. The Labute approximate surface area is 206 Å². The average molecular weight is 486 g/mol. The van der Waals surface area contributed by atoms with Crippen molar-refractivity contribution in [3.8, 4) is 0 Å². The van der Waals surface area contributed by atoms with E-state index in [-0.39, 0.29) is 43.0 Å². The highest BCUT2D eigenvalue weighted by Crippen LogP contribution is 2.21. The third-order valence-corrected chi connectivity index (χ3v) is 5.85. The summed E-state index contributed by atoms with van der Waals surface area (Å²) >= 11 is 1.39. The Morgan fingerprint density at radius 3 is 2.32 bits per heavy atom. The molecule has 0 spiro atoms. The number of nitrogens with zero attached hydrogens (tertiary/aromatic N) is 2. The maximum Gasteiger partial charge on any atom is 0.273 e. The van der Waals surface area contributed by atoms with Crippen LogP contribution < -0.4 is 5.48 Å². The smallest absolute Gasteiger partial charge is 0.273 e. The lowest BCUT2D eigenvalue weighted by Crippen LogP contribution is -2.59. The van der Waals surface area contributed by atoms with E-state index in [0.717, 1.165) is 5.56 Å². The van der Waals surface area contributed by atoms with Crippen LogP contribution in [0.1, 0.15) is 62.9 Å². The van der Waals surface area contributed by atoms with Gasteiger partial charge in [0, 0.05) is 18.3 Å². The molecule has 0 radical (unpaired) electrons. The number of hydrazine groups is 1. The predicted octanol–water partition coefficient (Wildman–Crippen LogP) is 5.00. The normalized spacial score (nSPS) is 12.2. The minimum Gasteiger partial charge on any atom is -0.289 e. The van der Waals surface area contributed by atoms with E-state index in [1.807, 2.05) is 64.1 Å². The molecule has 1 atom stereocenters. The minimum absolute atomic E-state index is 0.0423. The molecule has 8 heteroatoms. The van der Waals surface area contributed by atoms with Crippen molar-refractivity contribution in [2.75, 3.05) is 6.54 Å². The first-order valence-corrected chi connectivity index (χ1v) is 12.5. The minimum atomic E-state index is -1.09. The first kappa shape index (κ1) is 27.3. The highest BCUT2D eigenvalue weighted by molar-refractivity contribution is 7.08. The molecule has 7 nitrogen and oxygen atoms in total. The summed E-state index contributed by atoms with van der Waals surface area (Å²) in [6, 6.07) is 10.2. The third-order valence-electron chi connectivity index (χ3n) is 5.17. The molecule has 0 aliphatic rings. The summed E-state index contributed by atoms with van der Waals surface area (Å²) in [5.41, 5.74) is 3.09. The molecule has 1 heterocycles. The van der Waals surface area contributed by atoms with Crippen molar-refractivity contribution in [3.63, 3.8) is 0 Å². The van der Waals surface area contributed by atoms with Crippen LogP contribution in [0.5, 0.6) is 0 Å². The Morgan fingerprint density at radius 2 is 1.76 bits per heavy atom. The Hall–Kier alpha value is -2.97. The van der Waals surface area contributed by atoms with Crippen LogP contribution in [0.25, 0.3) is 6.08 Å². The molecule has 2 rings (SSSR count). The van der Waals surface area contributed by atoms with Gasteiger partial charge in [0.15, 0.2) is 0 Å². The lowest BCUT2D eigenvalue weighted by molar-refractivity contribution is -0.160. The van der Waals surface area contributed by atoms with E-state index in [0.29, 0.717) is 12.0 Å². The SMILES string of the molecule is CC(C)CCC(=O)N([C@@H](CC=Cc1ccccc1)C(=O)NO)N(CC(C)C)C(=O)c1ccsc1. The van der Waals surface area contributed by atoms with Crippen LogP contribution in [0.3, 0.4) is 0 Å². The lowest BCUT2D eigenvalue weighted by Gasteiger charge is -2.40. The molecule has 0 aliphatic heterocycles. The Balaban J connectivity index is 2.46. The fraction of sp³-hybridized carbons (Fsp3) is 0.423. The molecule has 3 amide bonds. The molecule has 34 heavy (non-hydrogen) atoms. The first-order valence-electron chi connectivity index (χ1n) is 11.6. The van der Waals surface area contributed by atoms with Crippen molar-refractivity contribution in [3.05, 3.63) is 64.4 Å². The number of hydrogen-bond acceptors (Lipinski definition) is 5. The number of rotatable bonds is 11. The van der Waals surface area contributed by atoms with E-state index in [9.17, 15) is 19.6 Å². The molecule has 0 saturated heterocycles. The van der Waals surface area contributed by atoms with Crippen LogP contribution in [0.4, 0.5) is 0 Å². The Bertz CT molecular complexity index is 942. The van der Waals surface area contributed by atoms with Gasteiger partial charge < -0.3 is 0 Å². The van der Waals surface area contributed by atoms with Crippen LogP contribution in [0, 0.1) is 11.8 Å². The van der Waals surface area contributed by atoms with Crippen LogP contribution in [0.2, 0.25) is 0 Å². The van der Waals surface area contributed by atoms with Crippen molar-refractivity contribution >= 4 is 35.1 Å². The quantitative estimate of drug-likeness (QED) is 0.346. The monoisotopic (exact) mass is 485 g/mol. The molecule has 0 aliphatic carbocycles. The summed E-state index contributed by atoms with van der Waals surface area (Å²) in [6.07, 6.45) is 4.55. The van der Waals surface area contributed by atoms with E-state index >= 15 is 0 Å². The second-order valence-corrected chi connectivity index (χ2v) is 9.78. The van der Waals surface area contributed by atoms with Gasteiger partial charge in [-0.15, -0.1) is 0 Å². The van der Waals surface area contributed by atoms with Gasteiger partial charge in [0.1, 0.15) is 6.04 Å². The number of carbonyl (C=O) groups is 3. The van der Waals surface area contributed by atoms with Gasteiger partial charge in [0.05, 0.1) is 5.56 Å². The Kier molecular flexibility index (Phi) is 11.0. The molecular formula is C26H35N3O4S. The van der Waals surface area contributed by atoms with Crippen molar-refractivity contribution in [2.45, 2.75) is 53.0 Å². The molecule has 0 saturated carbocycles. The van der Waals surface area contributed by atoms with E-state index in [4.69, 9.17) is 0 Å². The van der Waals surface area contributed by atoms with E-state index < -0.39 is 11.9 Å². The van der Waals surface area contributed by atoms with Crippen molar-refractivity contribution in [1.82, 2.24) is 15.5 Å². The average Bonchev–Trinajstić information content (AvgIpc) is 3.35. The summed E-state index contributed by atoms with van der Waals surface area (Å²) in [7, 11) is 0. The predicted molar refractivity (Wildman–Crippen MR) is 135 cm³/mol. The fourth-order valence-electron chi connectivity index (χ4n) is 3.44. The summed E-state index contributed by atoms with van der Waals surface area (Å²) in [6.45, 7) is 8.17. The maximum absolute atomic E-state index is 13.5. The molecule has 2 N–H and O–H groups in total. The second kappa shape index (κ2) is 13.7. The molecule has 0 unspecified atom stereocenters. The number of hydroxylamine groups is 1. The number of benzene rings is 1. The zero-order valence-electron chi connectivity index (χ0n) is 20.3. The fourth-order valence-corrected chi connectivity index (χ4v) is 4.07. The largest absolute Gasteiger partial charge is 0.289 e. The van der Waals surface area contributed by atoms with Gasteiger partial charge in [-0.25, -0.2) is 15.5 Å². The summed E-state index contributed by atoms with van der Waals surface area (Å²) in [5, 5.41) is 15.6. The molecular weight excluding hydrogens is 450 g/mol.